The summed E-state index contributed by atoms with van der Waals surface area (Å²) in [4.78, 5) is 14.8. The predicted molar refractivity (Wildman–Crippen MR) is 95.6 cm³/mol. The molecule has 4 heteroatoms. The highest BCUT2D eigenvalue weighted by Gasteiger charge is 2.33. The molecule has 2 N–H and O–H groups in total. The second kappa shape index (κ2) is 8.13. The van der Waals surface area contributed by atoms with Gasteiger partial charge in [0.25, 0.3) is 0 Å². The van der Waals surface area contributed by atoms with E-state index in [1.54, 1.807) is 0 Å². The van der Waals surface area contributed by atoms with Crippen LogP contribution in [0.3, 0.4) is 0 Å². The molecule has 2 fully saturated rings. The molecule has 0 aromatic heterocycles. The van der Waals surface area contributed by atoms with Crippen LogP contribution in [0.5, 0.6) is 0 Å². The number of aryl methyl sites for hydroxylation is 1. The first-order valence-corrected chi connectivity index (χ1v) is 9.39. The number of amides is 1. The van der Waals surface area contributed by atoms with E-state index in [0.717, 1.165) is 50.8 Å². The Hall–Kier alpha value is -1.39. The third-order valence-corrected chi connectivity index (χ3v) is 5.65. The maximum Gasteiger partial charge on any atom is 0.223 e. The smallest absolute Gasteiger partial charge is 0.223 e. The maximum absolute atomic E-state index is 12.4. The molecule has 1 saturated heterocycles. The molecule has 1 aliphatic carbocycles. The van der Waals surface area contributed by atoms with Crippen molar-refractivity contribution in [3.63, 3.8) is 0 Å². The van der Waals surface area contributed by atoms with Crippen molar-refractivity contribution in [1.29, 1.82) is 0 Å². The fourth-order valence-corrected chi connectivity index (χ4v) is 4.05. The lowest BCUT2D eigenvalue weighted by Gasteiger charge is -2.41. The van der Waals surface area contributed by atoms with Crippen molar-refractivity contribution in [3.8, 4) is 0 Å². The van der Waals surface area contributed by atoms with E-state index in [-0.39, 0.29) is 17.9 Å². The maximum atomic E-state index is 12.4. The van der Waals surface area contributed by atoms with Crippen molar-refractivity contribution in [2.45, 2.75) is 64.1 Å². The number of nitrogens with one attached hydrogen (secondary N) is 1. The van der Waals surface area contributed by atoms with Gasteiger partial charge in [-0.2, -0.15) is 0 Å². The predicted octanol–water partition coefficient (Wildman–Crippen LogP) is 2.63. The van der Waals surface area contributed by atoms with Gasteiger partial charge in [0.05, 0.1) is 6.10 Å². The molecule has 2 aliphatic rings. The van der Waals surface area contributed by atoms with E-state index in [0.29, 0.717) is 12.6 Å². The number of benzene rings is 1. The fraction of sp³-hybridized carbons (Fsp3) is 0.650. The molecule has 24 heavy (non-hydrogen) atoms. The molecule has 4 nitrogen and oxygen atoms in total. The summed E-state index contributed by atoms with van der Waals surface area (Å²) in [5.74, 6) is 0.298. The first kappa shape index (κ1) is 17.4. The van der Waals surface area contributed by atoms with Gasteiger partial charge in [-0.3, -0.25) is 9.69 Å². The first-order chi connectivity index (χ1) is 11.6. The Morgan fingerprint density at radius 2 is 1.79 bits per heavy atom. The van der Waals surface area contributed by atoms with E-state index < -0.39 is 0 Å². The normalized spacial score (nSPS) is 26.2. The van der Waals surface area contributed by atoms with Crippen LogP contribution < -0.4 is 5.32 Å². The molecule has 0 spiro atoms. The Bertz CT molecular complexity index is 535. The second-order valence-electron chi connectivity index (χ2n) is 7.43. The zero-order chi connectivity index (χ0) is 16.9. The molecule has 2 atom stereocenters. The molecular weight excluding hydrogens is 300 g/mol. The summed E-state index contributed by atoms with van der Waals surface area (Å²) in [6, 6.07) is 8.62. The summed E-state index contributed by atoms with van der Waals surface area (Å²) in [7, 11) is 0. The second-order valence-corrected chi connectivity index (χ2v) is 7.43. The highest BCUT2D eigenvalue weighted by Crippen LogP contribution is 2.27. The number of nitrogens with zero attached hydrogens (tertiary/aromatic N) is 1. The van der Waals surface area contributed by atoms with Crippen LogP contribution in [0.4, 0.5) is 0 Å². The first-order valence-electron chi connectivity index (χ1n) is 9.39. The molecule has 1 saturated carbocycles. The molecule has 0 unspecified atom stereocenters. The van der Waals surface area contributed by atoms with Gasteiger partial charge in [-0.1, -0.05) is 42.7 Å². The Labute approximate surface area is 145 Å². The highest BCUT2D eigenvalue weighted by molar-refractivity contribution is 5.78. The Morgan fingerprint density at radius 1 is 1.12 bits per heavy atom. The zero-order valence-corrected chi connectivity index (χ0v) is 14.7. The van der Waals surface area contributed by atoms with Crippen LogP contribution in [0.1, 0.15) is 49.7 Å². The molecular formula is C20H30N2O2. The van der Waals surface area contributed by atoms with Crippen molar-refractivity contribution < 1.29 is 9.90 Å². The van der Waals surface area contributed by atoms with E-state index in [2.05, 4.69) is 41.4 Å². The van der Waals surface area contributed by atoms with Crippen molar-refractivity contribution >= 4 is 5.91 Å². The van der Waals surface area contributed by atoms with Crippen LogP contribution in [0, 0.1) is 12.8 Å². The van der Waals surface area contributed by atoms with Crippen molar-refractivity contribution in [2.24, 2.45) is 5.92 Å². The minimum atomic E-state index is -0.175. The van der Waals surface area contributed by atoms with Gasteiger partial charge in [-0.25, -0.2) is 0 Å². The average molecular weight is 330 g/mol. The summed E-state index contributed by atoms with van der Waals surface area (Å²) < 4.78 is 0. The minimum Gasteiger partial charge on any atom is -0.391 e. The molecule has 0 radical (unpaired) electrons. The monoisotopic (exact) mass is 330 g/mol. The summed E-state index contributed by atoms with van der Waals surface area (Å²) in [5.41, 5.74) is 2.39. The number of carbonyl (C=O) groups is 1. The van der Waals surface area contributed by atoms with Crippen LogP contribution in [0.2, 0.25) is 0 Å². The Morgan fingerprint density at radius 3 is 2.46 bits per heavy atom. The Kier molecular flexibility index (Phi) is 5.90. The van der Waals surface area contributed by atoms with Crippen LogP contribution >= 0.6 is 0 Å². The lowest BCUT2D eigenvalue weighted by molar-refractivity contribution is -0.127. The van der Waals surface area contributed by atoms with Gasteiger partial charge < -0.3 is 10.4 Å². The van der Waals surface area contributed by atoms with E-state index >= 15 is 0 Å². The lowest BCUT2D eigenvalue weighted by Crippen LogP contribution is -2.50. The molecule has 132 valence electrons. The van der Waals surface area contributed by atoms with E-state index in [1.165, 1.54) is 12.0 Å². The van der Waals surface area contributed by atoms with E-state index in [1.807, 2.05) is 0 Å². The quantitative estimate of drug-likeness (QED) is 0.892. The van der Waals surface area contributed by atoms with Crippen LogP contribution in [0.25, 0.3) is 0 Å². The van der Waals surface area contributed by atoms with Gasteiger partial charge in [-0.15, -0.1) is 0 Å². The van der Waals surface area contributed by atoms with Gasteiger partial charge in [-0.05, 0) is 51.3 Å². The number of aliphatic hydroxyl groups is 1. The summed E-state index contributed by atoms with van der Waals surface area (Å²) in [6.07, 6.45) is 6.04. The number of carbonyl (C=O) groups excluding carboxylic acids is 1. The topological polar surface area (TPSA) is 52.6 Å². The van der Waals surface area contributed by atoms with Gasteiger partial charge >= 0.3 is 0 Å². The largest absolute Gasteiger partial charge is 0.391 e. The highest BCUT2D eigenvalue weighted by atomic mass is 16.3. The van der Waals surface area contributed by atoms with Crippen LogP contribution in [-0.2, 0) is 11.3 Å². The van der Waals surface area contributed by atoms with Gasteiger partial charge in [0.2, 0.25) is 5.91 Å². The Balaban J connectivity index is 1.44. The molecule has 0 bridgehead atoms. The number of likely N-dealkylation sites (tertiary alicyclic amines) is 1. The lowest BCUT2D eigenvalue weighted by atomic mass is 9.88. The third kappa shape index (κ3) is 4.37. The van der Waals surface area contributed by atoms with E-state index in [9.17, 15) is 9.90 Å². The fourth-order valence-electron chi connectivity index (χ4n) is 4.05. The summed E-state index contributed by atoms with van der Waals surface area (Å²) in [6.45, 7) is 4.55. The number of hydrogen-bond acceptors (Lipinski definition) is 3. The summed E-state index contributed by atoms with van der Waals surface area (Å²) >= 11 is 0. The summed E-state index contributed by atoms with van der Waals surface area (Å²) in [5, 5.41) is 13.3. The molecule has 1 aromatic carbocycles. The SMILES string of the molecule is Cc1ccc(CNC(=O)C2CCN([C@@H]3CCCC[C@@H]3O)CC2)cc1. The molecule has 1 heterocycles. The van der Waals surface area contributed by atoms with Crippen molar-refractivity contribution in [2.75, 3.05) is 13.1 Å². The van der Waals surface area contributed by atoms with Crippen molar-refractivity contribution in [1.82, 2.24) is 10.2 Å². The zero-order valence-electron chi connectivity index (χ0n) is 14.7. The van der Waals surface area contributed by atoms with Crippen LogP contribution in [0.15, 0.2) is 24.3 Å². The molecule has 1 amide bonds. The number of hydrogen-bond donors (Lipinski definition) is 2. The van der Waals surface area contributed by atoms with E-state index in [4.69, 9.17) is 0 Å². The number of rotatable bonds is 4. The molecule has 1 aromatic rings. The average Bonchev–Trinajstić information content (AvgIpc) is 2.61. The molecule has 1 aliphatic heterocycles. The van der Waals surface area contributed by atoms with Crippen LogP contribution in [-0.4, -0.2) is 41.1 Å². The number of piperidine rings is 1. The van der Waals surface area contributed by atoms with Gasteiger partial charge in [0.1, 0.15) is 0 Å². The van der Waals surface area contributed by atoms with Gasteiger partial charge in [0, 0.05) is 18.5 Å². The third-order valence-electron chi connectivity index (χ3n) is 5.65. The standard InChI is InChI=1S/C20H30N2O2/c1-15-6-8-16(9-7-15)14-21-20(24)17-10-12-22(13-11-17)18-4-2-3-5-19(18)23/h6-9,17-19,23H,2-5,10-14H2,1H3,(H,21,24)/t18-,19+/m1/s1. The number of aliphatic hydroxyl groups excluding tert-OH is 1. The molecule has 3 rings (SSSR count). The minimum absolute atomic E-state index is 0.118. The van der Waals surface area contributed by atoms with Crippen molar-refractivity contribution in [3.05, 3.63) is 35.4 Å². The van der Waals surface area contributed by atoms with Gasteiger partial charge in [0.15, 0.2) is 0 Å².